The van der Waals surface area contributed by atoms with Gasteiger partial charge in [-0.2, -0.15) is 9.78 Å². The summed E-state index contributed by atoms with van der Waals surface area (Å²) in [6.07, 6.45) is 1.54. The number of rotatable bonds is 9. The van der Waals surface area contributed by atoms with E-state index in [9.17, 15) is 9.59 Å². The number of nitrogens with zero attached hydrogens (tertiary/aromatic N) is 3. The minimum absolute atomic E-state index is 0.207. The molecule has 6 rings (SSSR count). The van der Waals surface area contributed by atoms with E-state index < -0.39 is 0 Å². The van der Waals surface area contributed by atoms with Gasteiger partial charge >= 0.3 is 0 Å². The summed E-state index contributed by atoms with van der Waals surface area (Å²) < 4.78 is 19.7. The highest BCUT2D eigenvalue weighted by Gasteiger charge is 2.18. The minimum atomic E-state index is -0.357. The molecule has 0 atom stereocenters. The van der Waals surface area contributed by atoms with Gasteiger partial charge in [-0.05, 0) is 103 Å². The maximum Gasteiger partial charge on any atom is 0.282 e. The van der Waals surface area contributed by atoms with Crippen LogP contribution in [0.25, 0.3) is 33.5 Å². The Morgan fingerprint density at radius 3 is 2.67 bits per heavy atom. The molecule has 0 unspecified atom stereocenters. The van der Waals surface area contributed by atoms with Crippen LogP contribution in [0.2, 0.25) is 5.02 Å². The third kappa shape index (κ3) is 6.71. The average molecular weight is 733 g/mol. The van der Waals surface area contributed by atoms with E-state index >= 15 is 0 Å². The van der Waals surface area contributed by atoms with E-state index in [0.717, 1.165) is 10.9 Å². The Kier molecular flexibility index (Phi) is 8.85. The third-order valence-corrected chi connectivity index (χ3v) is 7.83. The van der Waals surface area contributed by atoms with E-state index in [-0.39, 0.29) is 23.9 Å². The summed E-state index contributed by atoms with van der Waals surface area (Å²) in [5.74, 6) is 1.17. The van der Waals surface area contributed by atoms with Crippen molar-refractivity contribution in [1.29, 1.82) is 0 Å². The molecule has 11 heteroatoms. The number of halogens is 2. The van der Waals surface area contributed by atoms with Crippen molar-refractivity contribution in [3.8, 4) is 23.1 Å². The van der Waals surface area contributed by atoms with Crippen molar-refractivity contribution in [3.05, 3.63) is 115 Å². The molecule has 0 aliphatic heterocycles. The average Bonchev–Trinajstić information content (AvgIpc) is 3.44. The van der Waals surface area contributed by atoms with Gasteiger partial charge in [0.2, 0.25) is 5.82 Å². The van der Waals surface area contributed by atoms with Gasteiger partial charge in [-0.25, -0.2) is 4.98 Å². The van der Waals surface area contributed by atoms with Crippen LogP contribution in [0.5, 0.6) is 11.5 Å². The van der Waals surface area contributed by atoms with Gasteiger partial charge in [0, 0.05) is 16.1 Å². The fraction of sp³-hybridized carbons (Fsp3) is 0.118. The summed E-state index contributed by atoms with van der Waals surface area (Å²) in [6, 6.07) is 25.2. The summed E-state index contributed by atoms with van der Waals surface area (Å²) in [5.41, 5.74) is 3.19. The molecule has 6 aromatic rings. The topological polar surface area (TPSA) is 108 Å². The Morgan fingerprint density at radius 2 is 1.87 bits per heavy atom. The monoisotopic (exact) mass is 732 g/mol. The van der Waals surface area contributed by atoms with E-state index in [1.807, 2.05) is 50.2 Å². The molecule has 0 saturated heterocycles. The largest absolute Gasteiger partial charge is 0.490 e. The lowest BCUT2D eigenvalue weighted by Crippen LogP contribution is -2.21. The van der Waals surface area contributed by atoms with E-state index in [0.29, 0.717) is 60.2 Å². The zero-order chi connectivity index (χ0) is 31.5. The molecule has 4 aromatic carbocycles. The molecule has 9 nitrogen and oxygen atoms in total. The molecule has 2 heterocycles. The van der Waals surface area contributed by atoms with E-state index in [2.05, 4.69) is 33.0 Å². The van der Waals surface area contributed by atoms with Gasteiger partial charge in [0.15, 0.2) is 23.9 Å². The van der Waals surface area contributed by atoms with Crippen molar-refractivity contribution in [2.24, 2.45) is 5.10 Å². The molecule has 1 N–H and O–H groups in total. The molecule has 0 fully saturated rings. The minimum Gasteiger partial charge on any atom is -0.490 e. The Labute approximate surface area is 276 Å². The molecule has 0 saturated carbocycles. The van der Waals surface area contributed by atoms with Crippen molar-refractivity contribution in [2.45, 2.75) is 13.8 Å². The van der Waals surface area contributed by atoms with E-state index in [4.69, 9.17) is 30.5 Å². The number of carbonyl (C=O) groups is 1. The molecule has 226 valence electrons. The summed E-state index contributed by atoms with van der Waals surface area (Å²) in [5, 5.41) is 9.13. The van der Waals surface area contributed by atoms with Crippen LogP contribution >= 0.6 is 34.2 Å². The Bertz CT molecular complexity index is 2140. The molecule has 0 aliphatic carbocycles. The van der Waals surface area contributed by atoms with Crippen molar-refractivity contribution in [3.63, 3.8) is 0 Å². The van der Waals surface area contributed by atoms with Gasteiger partial charge in [-0.3, -0.25) is 9.59 Å². The number of fused-ring (bicyclic) bond motifs is 2. The van der Waals surface area contributed by atoms with Crippen LogP contribution < -0.4 is 20.3 Å². The van der Waals surface area contributed by atoms with Gasteiger partial charge < -0.3 is 19.2 Å². The molecular formula is C34H26ClIN4O5. The normalized spacial score (nSPS) is 11.4. The second-order valence-corrected chi connectivity index (χ2v) is 11.7. The van der Waals surface area contributed by atoms with Crippen LogP contribution in [0.4, 0.5) is 5.69 Å². The van der Waals surface area contributed by atoms with Crippen LogP contribution in [0, 0.1) is 10.5 Å². The van der Waals surface area contributed by atoms with Crippen molar-refractivity contribution in [2.75, 3.05) is 18.5 Å². The summed E-state index contributed by atoms with van der Waals surface area (Å²) in [6.45, 7) is 4.00. The van der Waals surface area contributed by atoms with Gasteiger partial charge in [0.1, 0.15) is 5.58 Å². The molecule has 1 amide bonds. The summed E-state index contributed by atoms with van der Waals surface area (Å²) in [7, 11) is 0. The third-order valence-electron chi connectivity index (χ3n) is 6.79. The number of hydrogen-bond acceptors (Lipinski definition) is 7. The SMILES string of the molecule is CCOc1cc(C=Nn2c(-c3cc4cc(Cl)ccc4o3)nc3ccccc3c2=O)cc(I)c1OCC(=O)Nc1ccc(C)cc1. The van der Waals surface area contributed by atoms with Gasteiger partial charge in [0.25, 0.3) is 11.5 Å². The number of amides is 1. The number of benzene rings is 4. The van der Waals surface area contributed by atoms with Crippen molar-refractivity contribution < 1.29 is 18.7 Å². The molecule has 0 radical (unpaired) electrons. The number of hydrogen-bond donors (Lipinski definition) is 1. The number of nitrogens with one attached hydrogen (secondary N) is 1. The number of anilines is 1. The number of aromatic nitrogens is 2. The van der Waals surface area contributed by atoms with Crippen molar-refractivity contribution in [1.82, 2.24) is 9.66 Å². The second kappa shape index (κ2) is 13.1. The molecule has 45 heavy (non-hydrogen) atoms. The number of furan rings is 1. The number of ether oxygens (including phenoxy) is 2. The first-order valence-corrected chi connectivity index (χ1v) is 15.5. The molecule has 0 bridgehead atoms. The van der Waals surface area contributed by atoms with E-state index in [1.54, 1.807) is 54.7 Å². The number of para-hydroxylation sites is 1. The van der Waals surface area contributed by atoms with Crippen LogP contribution in [0.1, 0.15) is 18.1 Å². The Morgan fingerprint density at radius 1 is 1.07 bits per heavy atom. The highest BCUT2D eigenvalue weighted by molar-refractivity contribution is 14.1. The first kappa shape index (κ1) is 30.4. The fourth-order valence-electron chi connectivity index (χ4n) is 4.68. The zero-order valence-corrected chi connectivity index (χ0v) is 27.1. The first-order valence-electron chi connectivity index (χ1n) is 14.0. The number of carbonyl (C=O) groups excluding carboxylic acids is 1. The highest BCUT2D eigenvalue weighted by atomic mass is 127. The maximum atomic E-state index is 13.7. The quantitative estimate of drug-likeness (QED) is 0.121. The van der Waals surface area contributed by atoms with Gasteiger partial charge in [0.05, 0.1) is 27.3 Å². The van der Waals surface area contributed by atoms with Crippen LogP contribution in [-0.4, -0.2) is 35.0 Å². The lowest BCUT2D eigenvalue weighted by atomic mass is 10.2. The molecular weight excluding hydrogens is 707 g/mol. The summed E-state index contributed by atoms with van der Waals surface area (Å²) in [4.78, 5) is 31.0. The second-order valence-electron chi connectivity index (χ2n) is 10.1. The molecule has 2 aromatic heterocycles. The van der Waals surface area contributed by atoms with Crippen LogP contribution in [0.3, 0.4) is 0 Å². The smallest absolute Gasteiger partial charge is 0.282 e. The predicted molar refractivity (Wildman–Crippen MR) is 185 cm³/mol. The van der Waals surface area contributed by atoms with Crippen LogP contribution in [0.15, 0.2) is 99.2 Å². The fourth-order valence-corrected chi connectivity index (χ4v) is 5.64. The molecule has 0 spiro atoms. The standard InChI is InChI=1S/C34H26ClIN4O5/c1-3-43-29-15-21(14-26(36)32(29)44-19-31(41)38-24-11-8-20(2)9-12-24)18-37-40-33(39-27-7-5-4-6-25(27)34(40)42)30-17-22-16-23(35)10-13-28(22)45-30/h4-18H,3,19H2,1-2H3,(H,38,41). The Balaban J connectivity index is 1.33. The van der Waals surface area contributed by atoms with Gasteiger partial charge in [-0.1, -0.05) is 41.4 Å². The van der Waals surface area contributed by atoms with E-state index in [1.165, 1.54) is 4.68 Å². The van der Waals surface area contributed by atoms with Crippen molar-refractivity contribution >= 4 is 73.9 Å². The van der Waals surface area contributed by atoms with Crippen LogP contribution in [-0.2, 0) is 4.79 Å². The van der Waals surface area contributed by atoms with Gasteiger partial charge in [-0.15, -0.1) is 0 Å². The number of aryl methyl sites for hydroxylation is 1. The lowest BCUT2D eigenvalue weighted by Gasteiger charge is -2.15. The maximum absolute atomic E-state index is 13.7. The zero-order valence-electron chi connectivity index (χ0n) is 24.2. The Hall–Kier alpha value is -4.68. The predicted octanol–water partition coefficient (Wildman–Crippen LogP) is 7.67. The lowest BCUT2D eigenvalue weighted by molar-refractivity contribution is -0.118. The first-order chi connectivity index (χ1) is 21.8. The summed E-state index contributed by atoms with van der Waals surface area (Å²) >= 11 is 8.30. The highest BCUT2D eigenvalue weighted by Crippen LogP contribution is 2.34. The molecule has 0 aliphatic rings.